The molecule has 102 valence electrons. The van der Waals surface area contributed by atoms with Gasteiger partial charge in [-0.1, -0.05) is 17.9 Å². The molecule has 0 aliphatic heterocycles. The molecule has 0 aliphatic carbocycles. The van der Waals surface area contributed by atoms with E-state index in [4.69, 9.17) is 10.2 Å². The van der Waals surface area contributed by atoms with Crippen LogP contribution in [-0.4, -0.2) is 12.5 Å². The van der Waals surface area contributed by atoms with Gasteiger partial charge in [-0.05, 0) is 37.6 Å². The standard InChI is InChI=1S/C16H16N2O2/c1-11-5-6-13(4-3-7-17)15(8-11)18-16(19)14-9-12(2)20-10-14/h5-6,8-10H,7,17H2,1-2H3,(H,18,19). The smallest absolute Gasteiger partial charge is 0.258 e. The molecule has 0 saturated carbocycles. The van der Waals surface area contributed by atoms with Crippen molar-refractivity contribution in [1.82, 2.24) is 0 Å². The summed E-state index contributed by atoms with van der Waals surface area (Å²) in [6, 6.07) is 7.38. The van der Waals surface area contributed by atoms with Gasteiger partial charge in [-0.3, -0.25) is 4.79 Å². The lowest BCUT2D eigenvalue weighted by Crippen LogP contribution is -2.12. The minimum absolute atomic E-state index is 0.219. The van der Waals surface area contributed by atoms with Gasteiger partial charge in [0, 0.05) is 5.56 Å². The van der Waals surface area contributed by atoms with Crippen LogP contribution in [0.15, 0.2) is 34.9 Å². The maximum Gasteiger partial charge on any atom is 0.258 e. The Morgan fingerprint density at radius 3 is 2.80 bits per heavy atom. The van der Waals surface area contributed by atoms with Gasteiger partial charge < -0.3 is 15.5 Å². The number of aryl methyl sites for hydroxylation is 2. The molecule has 2 rings (SSSR count). The zero-order chi connectivity index (χ0) is 14.5. The number of hydrogen-bond acceptors (Lipinski definition) is 3. The maximum atomic E-state index is 12.1. The van der Waals surface area contributed by atoms with E-state index in [9.17, 15) is 4.79 Å². The van der Waals surface area contributed by atoms with Crippen molar-refractivity contribution < 1.29 is 9.21 Å². The van der Waals surface area contributed by atoms with Gasteiger partial charge in [0.25, 0.3) is 5.91 Å². The number of furan rings is 1. The quantitative estimate of drug-likeness (QED) is 0.822. The molecule has 1 amide bonds. The van der Waals surface area contributed by atoms with E-state index in [-0.39, 0.29) is 12.5 Å². The monoisotopic (exact) mass is 268 g/mol. The molecule has 0 aliphatic rings. The summed E-state index contributed by atoms with van der Waals surface area (Å²) in [7, 11) is 0. The van der Waals surface area contributed by atoms with Crippen LogP contribution in [-0.2, 0) is 0 Å². The number of nitrogens with two attached hydrogens (primary N) is 1. The maximum absolute atomic E-state index is 12.1. The number of benzene rings is 1. The van der Waals surface area contributed by atoms with Gasteiger partial charge >= 0.3 is 0 Å². The van der Waals surface area contributed by atoms with E-state index in [1.807, 2.05) is 25.1 Å². The van der Waals surface area contributed by atoms with Crippen LogP contribution in [0.5, 0.6) is 0 Å². The van der Waals surface area contributed by atoms with E-state index in [1.165, 1.54) is 6.26 Å². The Kier molecular flexibility index (Phi) is 4.24. The van der Waals surface area contributed by atoms with E-state index in [0.29, 0.717) is 17.0 Å². The third kappa shape index (κ3) is 3.28. The van der Waals surface area contributed by atoms with E-state index in [2.05, 4.69) is 17.2 Å². The zero-order valence-corrected chi connectivity index (χ0v) is 11.5. The second-order valence-corrected chi connectivity index (χ2v) is 4.46. The molecule has 2 aromatic rings. The first-order valence-electron chi connectivity index (χ1n) is 6.26. The lowest BCUT2D eigenvalue weighted by Gasteiger charge is -2.07. The third-order valence-electron chi connectivity index (χ3n) is 2.74. The molecule has 4 heteroatoms. The molecule has 0 radical (unpaired) electrons. The zero-order valence-electron chi connectivity index (χ0n) is 11.5. The van der Waals surface area contributed by atoms with Gasteiger partial charge in [0.1, 0.15) is 12.0 Å². The molecule has 0 bridgehead atoms. The Morgan fingerprint density at radius 2 is 2.15 bits per heavy atom. The largest absolute Gasteiger partial charge is 0.469 e. The highest BCUT2D eigenvalue weighted by molar-refractivity contribution is 6.04. The summed E-state index contributed by atoms with van der Waals surface area (Å²) in [5, 5.41) is 2.85. The van der Waals surface area contributed by atoms with Crippen molar-refractivity contribution in [2.24, 2.45) is 5.73 Å². The van der Waals surface area contributed by atoms with Crippen molar-refractivity contribution in [3.8, 4) is 11.8 Å². The molecule has 3 N–H and O–H groups in total. The second-order valence-electron chi connectivity index (χ2n) is 4.46. The molecule has 0 unspecified atom stereocenters. The predicted octanol–water partition coefficient (Wildman–Crippen LogP) is 2.46. The van der Waals surface area contributed by atoms with E-state index in [0.717, 1.165) is 11.1 Å². The van der Waals surface area contributed by atoms with Crippen molar-refractivity contribution in [1.29, 1.82) is 0 Å². The number of rotatable bonds is 2. The minimum atomic E-state index is -0.219. The molecule has 1 aromatic carbocycles. The highest BCUT2D eigenvalue weighted by atomic mass is 16.3. The Bertz CT molecular complexity index is 690. The van der Waals surface area contributed by atoms with Crippen LogP contribution >= 0.6 is 0 Å². The number of carbonyl (C=O) groups is 1. The molecular formula is C16H16N2O2. The average molecular weight is 268 g/mol. The van der Waals surface area contributed by atoms with Crippen molar-refractivity contribution in [2.75, 3.05) is 11.9 Å². The molecule has 0 saturated heterocycles. The Labute approximate surface area is 118 Å². The first-order valence-corrected chi connectivity index (χ1v) is 6.26. The van der Waals surface area contributed by atoms with Crippen molar-refractivity contribution in [2.45, 2.75) is 13.8 Å². The highest BCUT2D eigenvalue weighted by Crippen LogP contribution is 2.18. The molecule has 4 nitrogen and oxygen atoms in total. The van der Waals surface area contributed by atoms with Crippen molar-refractivity contribution in [3.05, 3.63) is 53.0 Å². The first-order chi connectivity index (χ1) is 9.60. The molecule has 0 spiro atoms. The van der Waals surface area contributed by atoms with Gasteiger partial charge in [0.15, 0.2) is 0 Å². The Hall–Kier alpha value is -2.51. The second kappa shape index (κ2) is 6.09. The lowest BCUT2D eigenvalue weighted by molar-refractivity contribution is 0.102. The SMILES string of the molecule is Cc1ccc(C#CCN)c(NC(=O)c2coc(C)c2)c1. The van der Waals surface area contributed by atoms with Crippen molar-refractivity contribution >= 4 is 11.6 Å². The van der Waals surface area contributed by atoms with Crippen LogP contribution in [0.1, 0.15) is 27.2 Å². The average Bonchev–Trinajstić information content (AvgIpc) is 2.85. The molecule has 0 atom stereocenters. The summed E-state index contributed by atoms with van der Waals surface area (Å²) >= 11 is 0. The fourth-order valence-electron chi connectivity index (χ4n) is 1.77. The third-order valence-corrected chi connectivity index (χ3v) is 2.74. The van der Waals surface area contributed by atoms with Crippen molar-refractivity contribution in [3.63, 3.8) is 0 Å². The van der Waals surface area contributed by atoms with Gasteiger partial charge in [-0.25, -0.2) is 0 Å². The molecule has 0 fully saturated rings. The van der Waals surface area contributed by atoms with Crippen LogP contribution in [0.4, 0.5) is 5.69 Å². The van der Waals surface area contributed by atoms with Crippen LogP contribution in [0.2, 0.25) is 0 Å². The summed E-state index contributed by atoms with van der Waals surface area (Å²) in [6.07, 6.45) is 1.44. The summed E-state index contributed by atoms with van der Waals surface area (Å²) in [6.45, 7) is 4.03. The lowest BCUT2D eigenvalue weighted by atomic mass is 10.1. The number of anilines is 1. The highest BCUT2D eigenvalue weighted by Gasteiger charge is 2.11. The summed E-state index contributed by atoms with van der Waals surface area (Å²) in [5.74, 6) is 6.22. The number of carbonyl (C=O) groups excluding carboxylic acids is 1. The normalized spacial score (nSPS) is 9.75. The molecule has 20 heavy (non-hydrogen) atoms. The number of nitrogens with one attached hydrogen (secondary N) is 1. The summed E-state index contributed by atoms with van der Waals surface area (Å²) < 4.78 is 5.14. The fourth-order valence-corrected chi connectivity index (χ4v) is 1.77. The van der Waals surface area contributed by atoms with E-state index < -0.39 is 0 Å². The van der Waals surface area contributed by atoms with Crippen LogP contribution in [0.25, 0.3) is 0 Å². The first kappa shape index (κ1) is 13.9. The van der Waals surface area contributed by atoms with Crippen LogP contribution < -0.4 is 11.1 Å². The van der Waals surface area contributed by atoms with Crippen LogP contribution in [0.3, 0.4) is 0 Å². The molecule has 1 aromatic heterocycles. The summed E-state index contributed by atoms with van der Waals surface area (Å²) in [5.41, 5.74) is 8.33. The number of hydrogen-bond donors (Lipinski definition) is 2. The van der Waals surface area contributed by atoms with Gasteiger partial charge in [0.2, 0.25) is 0 Å². The van der Waals surface area contributed by atoms with Crippen LogP contribution in [0, 0.1) is 25.7 Å². The predicted molar refractivity (Wildman–Crippen MR) is 78.5 cm³/mol. The summed E-state index contributed by atoms with van der Waals surface area (Å²) in [4.78, 5) is 12.1. The Balaban J connectivity index is 2.28. The topological polar surface area (TPSA) is 68.3 Å². The van der Waals surface area contributed by atoms with Gasteiger partial charge in [0.05, 0.1) is 17.8 Å². The molecular weight excluding hydrogens is 252 g/mol. The number of amides is 1. The fraction of sp³-hybridized carbons (Fsp3) is 0.188. The molecule has 1 heterocycles. The van der Waals surface area contributed by atoms with E-state index in [1.54, 1.807) is 13.0 Å². The van der Waals surface area contributed by atoms with E-state index >= 15 is 0 Å². The van der Waals surface area contributed by atoms with Gasteiger partial charge in [-0.15, -0.1) is 0 Å². The minimum Gasteiger partial charge on any atom is -0.469 e. The Morgan fingerprint density at radius 1 is 1.35 bits per heavy atom. The van der Waals surface area contributed by atoms with Gasteiger partial charge in [-0.2, -0.15) is 0 Å².